The van der Waals surface area contributed by atoms with Gasteiger partial charge >= 0.3 is 17.9 Å². The summed E-state index contributed by atoms with van der Waals surface area (Å²) < 4.78 is 10.7. The standard InChI is InChI=1S/C24H38O4.C3H4O2/c1-3-5-7-9-11-15-19-27-23(25)21-17-13-14-18-22(21)24(26)28-20-16-12-10-8-6-4-2;1-2-3(4)5/h13-14,17-18H,3-12,15-16,19-20H2,1-2H3;2H,1H2,(H,4,5). The monoisotopic (exact) mass is 462 g/mol. The summed E-state index contributed by atoms with van der Waals surface area (Å²) in [4.78, 5) is 34.0. The number of carbonyl (C=O) groups is 3. The second-order valence-corrected chi connectivity index (χ2v) is 7.90. The van der Waals surface area contributed by atoms with Crippen molar-refractivity contribution in [3.05, 3.63) is 48.0 Å². The highest BCUT2D eigenvalue weighted by Gasteiger charge is 2.18. The van der Waals surface area contributed by atoms with Gasteiger partial charge in [-0.2, -0.15) is 0 Å². The topological polar surface area (TPSA) is 89.9 Å². The third-order valence-corrected chi connectivity index (χ3v) is 5.00. The molecule has 0 aliphatic heterocycles. The highest BCUT2D eigenvalue weighted by Crippen LogP contribution is 2.14. The Kier molecular flexibility index (Phi) is 19.5. The summed E-state index contributed by atoms with van der Waals surface area (Å²) in [6.07, 6.45) is 14.5. The summed E-state index contributed by atoms with van der Waals surface area (Å²) in [5.74, 6) is -1.87. The van der Waals surface area contributed by atoms with Crippen molar-refractivity contribution in [2.24, 2.45) is 0 Å². The van der Waals surface area contributed by atoms with E-state index in [1.165, 1.54) is 51.4 Å². The summed E-state index contributed by atoms with van der Waals surface area (Å²) in [7, 11) is 0. The van der Waals surface area contributed by atoms with E-state index in [0.29, 0.717) is 24.3 Å². The van der Waals surface area contributed by atoms with Crippen molar-refractivity contribution in [3.63, 3.8) is 0 Å². The number of ether oxygens (including phenoxy) is 2. The van der Waals surface area contributed by atoms with Crippen LogP contribution in [0.15, 0.2) is 36.9 Å². The van der Waals surface area contributed by atoms with Crippen molar-refractivity contribution in [2.45, 2.75) is 90.9 Å². The van der Waals surface area contributed by atoms with Gasteiger partial charge in [0.05, 0.1) is 24.3 Å². The minimum Gasteiger partial charge on any atom is -0.478 e. The fourth-order valence-electron chi connectivity index (χ4n) is 3.09. The Balaban J connectivity index is 0.00000184. The van der Waals surface area contributed by atoms with E-state index in [1.807, 2.05) is 0 Å². The van der Waals surface area contributed by atoms with Crippen LogP contribution in [0.5, 0.6) is 0 Å². The zero-order chi connectivity index (χ0) is 24.7. The molecule has 0 aliphatic carbocycles. The summed E-state index contributed by atoms with van der Waals surface area (Å²) >= 11 is 0. The number of carboxylic acids is 1. The number of unbranched alkanes of at least 4 members (excludes halogenated alkanes) is 10. The first-order valence-corrected chi connectivity index (χ1v) is 12.3. The predicted octanol–water partition coefficient (Wildman–Crippen LogP) is 6.98. The van der Waals surface area contributed by atoms with Gasteiger partial charge < -0.3 is 14.6 Å². The molecular weight excluding hydrogens is 420 g/mol. The number of hydrogen-bond acceptors (Lipinski definition) is 5. The SMILES string of the molecule is C=CC(=O)O.CCCCCCCCOC(=O)c1ccccc1C(=O)OCCCCCCCC. The molecule has 0 aromatic heterocycles. The Bertz CT molecular complexity index is 634. The van der Waals surface area contributed by atoms with Gasteiger partial charge in [0.15, 0.2) is 0 Å². The fraction of sp³-hybridized carbons (Fsp3) is 0.593. The number of aliphatic carboxylic acids is 1. The lowest BCUT2D eigenvalue weighted by atomic mass is 10.1. The van der Waals surface area contributed by atoms with Gasteiger partial charge in [-0.25, -0.2) is 14.4 Å². The first-order valence-electron chi connectivity index (χ1n) is 12.3. The molecule has 0 unspecified atom stereocenters. The molecule has 0 atom stereocenters. The lowest BCUT2D eigenvalue weighted by Gasteiger charge is -2.10. The molecule has 6 nitrogen and oxygen atoms in total. The molecule has 0 fully saturated rings. The Morgan fingerprint density at radius 2 is 1.06 bits per heavy atom. The molecular formula is C27H42O6. The van der Waals surface area contributed by atoms with Crippen LogP contribution < -0.4 is 0 Å². The lowest BCUT2D eigenvalue weighted by molar-refractivity contribution is -0.131. The Labute approximate surface area is 199 Å². The van der Waals surface area contributed by atoms with Crippen molar-refractivity contribution < 1.29 is 29.0 Å². The van der Waals surface area contributed by atoms with Crippen molar-refractivity contribution in [2.75, 3.05) is 13.2 Å². The predicted molar refractivity (Wildman–Crippen MR) is 132 cm³/mol. The number of benzene rings is 1. The molecule has 0 bridgehead atoms. The number of carboxylic acid groups (broad SMARTS) is 1. The van der Waals surface area contributed by atoms with E-state index in [0.717, 1.165) is 31.8 Å². The van der Waals surface area contributed by atoms with Gasteiger partial charge in [0.1, 0.15) is 0 Å². The van der Waals surface area contributed by atoms with E-state index in [2.05, 4.69) is 20.4 Å². The molecule has 186 valence electrons. The van der Waals surface area contributed by atoms with Crippen LogP contribution >= 0.6 is 0 Å². The van der Waals surface area contributed by atoms with Crippen LogP contribution in [0.25, 0.3) is 0 Å². The van der Waals surface area contributed by atoms with Crippen LogP contribution in [0.4, 0.5) is 0 Å². The molecule has 0 aliphatic rings. The quantitative estimate of drug-likeness (QED) is 0.153. The van der Waals surface area contributed by atoms with Gasteiger partial charge in [-0.15, -0.1) is 0 Å². The number of esters is 2. The van der Waals surface area contributed by atoms with E-state index in [4.69, 9.17) is 14.6 Å². The zero-order valence-electron chi connectivity index (χ0n) is 20.5. The summed E-state index contributed by atoms with van der Waals surface area (Å²) in [5.41, 5.74) is 0.586. The molecule has 0 heterocycles. The number of rotatable bonds is 17. The number of carbonyl (C=O) groups excluding carboxylic acids is 2. The van der Waals surface area contributed by atoms with Crippen LogP contribution in [-0.4, -0.2) is 36.2 Å². The molecule has 6 heteroatoms. The summed E-state index contributed by atoms with van der Waals surface area (Å²) in [6, 6.07) is 6.74. The van der Waals surface area contributed by atoms with Crippen molar-refractivity contribution >= 4 is 17.9 Å². The average molecular weight is 463 g/mol. The normalized spacial score (nSPS) is 10.0. The molecule has 0 saturated heterocycles. The third-order valence-electron chi connectivity index (χ3n) is 5.00. The minimum absolute atomic E-state index is 0.293. The van der Waals surface area contributed by atoms with Crippen LogP contribution in [-0.2, 0) is 14.3 Å². The maximum Gasteiger partial charge on any atom is 0.339 e. The van der Waals surface area contributed by atoms with Crippen molar-refractivity contribution in [1.29, 1.82) is 0 Å². The maximum absolute atomic E-state index is 12.4. The van der Waals surface area contributed by atoms with Gasteiger partial charge in [-0.05, 0) is 25.0 Å². The highest BCUT2D eigenvalue weighted by atomic mass is 16.5. The molecule has 0 spiro atoms. The Hall–Kier alpha value is -2.63. The highest BCUT2D eigenvalue weighted by molar-refractivity contribution is 6.03. The van der Waals surface area contributed by atoms with Crippen LogP contribution in [0, 0.1) is 0 Å². The Morgan fingerprint density at radius 1 is 0.727 bits per heavy atom. The Morgan fingerprint density at radius 3 is 1.39 bits per heavy atom. The molecule has 1 aromatic rings. The maximum atomic E-state index is 12.4. The van der Waals surface area contributed by atoms with Crippen LogP contribution in [0.1, 0.15) is 112 Å². The molecule has 33 heavy (non-hydrogen) atoms. The third kappa shape index (κ3) is 16.6. The molecule has 1 N–H and O–H groups in total. The van der Waals surface area contributed by atoms with Crippen LogP contribution in [0.2, 0.25) is 0 Å². The van der Waals surface area contributed by atoms with Crippen molar-refractivity contribution in [3.8, 4) is 0 Å². The first-order chi connectivity index (χ1) is 16.0. The molecule has 0 saturated carbocycles. The lowest BCUT2D eigenvalue weighted by Crippen LogP contribution is -2.15. The van der Waals surface area contributed by atoms with Crippen molar-refractivity contribution in [1.82, 2.24) is 0 Å². The largest absolute Gasteiger partial charge is 0.478 e. The van der Waals surface area contributed by atoms with Gasteiger partial charge in [-0.3, -0.25) is 0 Å². The van der Waals surface area contributed by atoms with E-state index in [9.17, 15) is 14.4 Å². The molecule has 0 amide bonds. The molecule has 1 aromatic carbocycles. The smallest absolute Gasteiger partial charge is 0.339 e. The molecule has 0 radical (unpaired) electrons. The molecule has 1 rings (SSSR count). The van der Waals surface area contributed by atoms with E-state index >= 15 is 0 Å². The summed E-state index contributed by atoms with van der Waals surface area (Å²) in [6.45, 7) is 8.14. The summed E-state index contributed by atoms with van der Waals surface area (Å²) in [5, 5.41) is 7.60. The van der Waals surface area contributed by atoms with Gasteiger partial charge in [0.2, 0.25) is 0 Å². The first kappa shape index (κ1) is 30.4. The second-order valence-electron chi connectivity index (χ2n) is 7.90. The van der Waals surface area contributed by atoms with E-state index < -0.39 is 17.9 Å². The van der Waals surface area contributed by atoms with E-state index in [1.54, 1.807) is 24.3 Å². The fourth-order valence-corrected chi connectivity index (χ4v) is 3.09. The van der Waals surface area contributed by atoms with E-state index in [-0.39, 0.29) is 0 Å². The average Bonchev–Trinajstić information content (AvgIpc) is 2.83. The minimum atomic E-state index is -0.981. The zero-order valence-corrected chi connectivity index (χ0v) is 20.5. The van der Waals surface area contributed by atoms with Gasteiger partial charge in [0.25, 0.3) is 0 Å². The number of hydrogen-bond donors (Lipinski definition) is 1. The van der Waals surface area contributed by atoms with Gasteiger partial charge in [0, 0.05) is 6.08 Å². The second kappa shape index (κ2) is 21.2. The van der Waals surface area contributed by atoms with Gasteiger partial charge in [-0.1, -0.05) is 96.8 Å². The van der Waals surface area contributed by atoms with Crippen LogP contribution in [0.3, 0.4) is 0 Å².